The van der Waals surface area contributed by atoms with Crippen LogP contribution in [-0.4, -0.2) is 14.1 Å². The minimum atomic E-state index is -0.458. The number of benzene rings is 2. The van der Waals surface area contributed by atoms with E-state index in [1.807, 2.05) is 47.5 Å². The van der Waals surface area contributed by atoms with Crippen LogP contribution < -0.4 is 5.62 Å². The van der Waals surface area contributed by atoms with E-state index in [0.29, 0.717) is 11.3 Å². The Morgan fingerprint density at radius 1 is 0.957 bits per heavy atom. The second kappa shape index (κ2) is 5.84. The minimum Gasteiger partial charge on any atom is -0.312 e. The van der Waals surface area contributed by atoms with Crippen LogP contribution in [-0.2, 0) is 14.1 Å². The van der Waals surface area contributed by atoms with Crippen molar-refractivity contribution in [3.8, 4) is 0 Å². The Kier molecular flexibility index (Phi) is 3.71. The molecule has 0 bridgehead atoms. The van der Waals surface area contributed by atoms with Gasteiger partial charge >= 0.3 is 0 Å². The highest BCUT2D eigenvalue weighted by molar-refractivity contribution is 5.75. The van der Waals surface area contributed by atoms with Gasteiger partial charge in [-0.2, -0.15) is 0 Å². The van der Waals surface area contributed by atoms with E-state index < -0.39 is 4.92 Å². The van der Waals surface area contributed by atoms with Gasteiger partial charge in [-0.15, -0.1) is 5.11 Å². The van der Waals surface area contributed by atoms with Crippen LogP contribution in [0.2, 0.25) is 0 Å². The summed E-state index contributed by atoms with van der Waals surface area (Å²) in [6.45, 7) is 0. The molecule has 1 aromatic heterocycles. The lowest BCUT2D eigenvalue weighted by Gasteiger charge is -1.93. The predicted molar refractivity (Wildman–Crippen MR) is 85.1 cm³/mol. The van der Waals surface area contributed by atoms with Crippen molar-refractivity contribution in [1.29, 1.82) is 0 Å². The summed E-state index contributed by atoms with van der Waals surface area (Å²) in [6.07, 6.45) is 0. The molecule has 0 N–H and O–H groups in total. The van der Waals surface area contributed by atoms with Crippen molar-refractivity contribution in [1.82, 2.24) is 9.13 Å². The fourth-order valence-corrected chi connectivity index (χ4v) is 2.36. The Balaban J connectivity index is 1.95. The third-order valence-electron chi connectivity index (χ3n) is 3.56. The molecule has 3 aromatic rings. The molecule has 0 fully saturated rings. The minimum absolute atomic E-state index is 0.0148. The van der Waals surface area contributed by atoms with E-state index in [-0.39, 0.29) is 5.69 Å². The van der Waals surface area contributed by atoms with Crippen LogP contribution in [0, 0.1) is 10.1 Å². The zero-order valence-corrected chi connectivity index (χ0v) is 12.6. The van der Waals surface area contributed by atoms with E-state index in [9.17, 15) is 10.1 Å². The van der Waals surface area contributed by atoms with Crippen LogP contribution in [0.1, 0.15) is 0 Å². The molecule has 2 aromatic carbocycles. The first kappa shape index (κ1) is 14.6. The molecular weight excluding hydrogens is 296 g/mol. The van der Waals surface area contributed by atoms with Gasteiger partial charge in [-0.25, -0.2) is 0 Å². The largest absolute Gasteiger partial charge is 0.312 e. The van der Waals surface area contributed by atoms with Gasteiger partial charge in [0.2, 0.25) is 5.62 Å². The van der Waals surface area contributed by atoms with Crippen molar-refractivity contribution in [3.05, 3.63) is 64.3 Å². The molecule has 0 aliphatic carbocycles. The Labute approximate surface area is 131 Å². The lowest BCUT2D eigenvalue weighted by Crippen LogP contribution is -2.21. The molecule has 0 saturated heterocycles. The normalized spacial score (nSPS) is 11.2. The molecule has 8 nitrogen and oxygen atoms in total. The average molecular weight is 310 g/mol. The first-order chi connectivity index (χ1) is 11.1. The number of aryl methyl sites for hydroxylation is 2. The molecule has 1 heterocycles. The maximum Gasteiger partial charge on any atom is 0.269 e. The predicted octanol–water partition coefficient (Wildman–Crippen LogP) is 3.02. The molecule has 0 amide bonds. The highest BCUT2D eigenvalue weighted by Gasteiger charge is 2.05. The maximum atomic E-state index is 10.6. The third-order valence-corrected chi connectivity index (χ3v) is 3.56. The van der Waals surface area contributed by atoms with Gasteiger partial charge < -0.3 is 9.13 Å². The number of fused-ring (bicyclic) bond motifs is 1. The monoisotopic (exact) mass is 310 g/mol. The average Bonchev–Trinajstić information content (AvgIpc) is 2.81. The summed E-state index contributed by atoms with van der Waals surface area (Å²) in [7, 11) is 3.81. The van der Waals surface area contributed by atoms with Gasteiger partial charge in [0.15, 0.2) is 0 Å². The first-order valence-electron chi connectivity index (χ1n) is 6.87. The van der Waals surface area contributed by atoms with E-state index in [2.05, 4.69) is 15.4 Å². The summed E-state index contributed by atoms with van der Waals surface area (Å²) in [5, 5.41) is 22.5. The van der Waals surface area contributed by atoms with E-state index in [1.54, 1.807) is 0 Å². The number of hydrogen-bond donors (Lipinski definition) is 0. The third kappa shape index (κ3) is 2.73. The second-order valence-corrected chi connectivity index (χ2v) is 4.97. The molecule has 0 radical (unpaired) electrons. The molecule has 116 valence electrons. The zero-order chi connectivity index (χ0) is 16.4. The van der Waals surface area contributed by atoms with Crippen molar-refractivity contribution in [3.63, 3.8) is 0 Å². The second-order valence-electron chi connectivity index (χ2n) is 4.97. The van der Waals surface area contributed by atoms with Crippen LogP contribution in [0.5, 0.6) is 0 Å². The number of non-ortho nitro benzene ring substituents is 1. The molecule has 3 rings (SSSR count). The quantitative estimate of drug-likeness (QED) is 0.422. The summed E-state index contributed by atoms with van der Waals surface area (Å²) in [5.74, 6) is 0. The topological polar surface area (TPSA) is 90.1 Å². The number of nitro groups is 1. The van der Waals surface area contributed by atoms with Gasteiger partial charge in [-0.05, 0) is 29.5 Å². The van der Waals surface area contributed by atoms with Gasteiger partial charge in [-0.1, -0.05) is 17.2 Å². The van der Waals surface area contributed by atoms with Crippen molar-refractivity contribution in [2.24, 2.45) is 29.5 Å². The van der Waals surface area contributed by atoms with E-state index in [1.165, 1.54) is 24.3 Å². The molecule has 23 heavy (non-hydrogen) atoms. The number of rotatable bonds is 3. The van der Waals surface area contributed by atoms with Crippen LogP contribution >= 0.6 is 0 Å². The molecule has 8 heteroatoms. The zero-order valence-electron chi connectivity index (χ0n) is 12.6. The Bertz CT molecular complexity index is 924. The van der Waals surface area contributed by atoms with Gasteiger partial charge in [0.1, 0.15) is 0 Å². The SMILES string of the molecule is Cn1c(=NN=Nc2ccc([N+](=O)[O-])cc2)n(C)c2ccccc21. The van der Waals surface area contributed by atoms with Crippen LogP contribution in [0.25, 0.3) is 11.0 Å². The summed E-state index contributed by atoms with van der Waals surface area (Å²) >= 11 is 0. The molecule has 0 unspecified atom stereocenters. The molecule has 0 aliphatic heterocycles. The van der Waals surface area contributed by atoms with Crippen LogP contribution in [0.15, 0.2) is 64.0 Å². The number of nitro benzene ring substituents is 1. The smallest absolute Gasteiger partial charge is 0.269 e. The summed E-state index contributed by atoms with van der Waals surface area (Å²) in [5.41, 5.74) is 3.25. The number of nitrogens with zero attached hydrogens (tertiary/aromatic N) is 6. The van der Waals surface area contributed by atoms with Crippen molar-refractivity contribution in [2.45, 2.75) is 0 Å². The fourth-order valence-electron chi connectivity index (χ4n) is 2.36. The standard InChI is InChI=1S/C15H14N6O2/c1-19-13-5-3-4-6-14(13)20(2)15(19)17-18-16-11-7-9-12(10-8-11)21(22)23/h3-10H,1-2H3. The Morgan fingerprint density at radius 3 is 2.04 bits per heavy atom. The highest BCUT2D eigenvalue weighted by Crippen LogP contribution is 2.18. The van der Waals surface area contributed by atoms with Gasteiger partial charge in [0.05, 0.1) is 21.6 Å². The van der Waals surface area contributed by atoms with Crippen molar-refractivity contribution in [2.75, 3.05) is 0 Å². The van der Waals surface area contributed by atoms with Gasteiger partial charge in [-0.3, -0.25) is 10.1 Å². The maximum absolute atomic E-state index is 10.6. The van der Waals surface area contributed by atoms with E-state index in [0.717, 1.165) is 11.0 Å². The van der Waals surface area contributed by atoms with E-state index in [4.69, 9.17) is 0 Å². The summed E-state index contributed by atoms with van der Waals surface area (Å²) < 4.78 is 3.84. The lowest BCUT2D eigenvalue weighted by molar-refractivity contribution is -0.384. The highest BCUT2D eigenvalue weighted by atomic mass is 16.6. The lowest BCUT2D eigenvalue weighted by atomic mass is 10.3. The van der Waals surface area contributed by atoms with Crippen LogP contribution in [0.3, 0.4) is 0 Å². The fraction of sp³-hybridized carbons (Fsp3) is 0.133. The molecule has 0 saturated carbocycles. The van der Waals surface area contributed by atoms with Crippen LogP contribution in [0.4, 0.5) is 11.4 Å². The van der Waals surface area contributed by atoms with Gasteiger partial charge in [0, 0.05) is 26.2 Å². The van der Waals surface area contributed by atoms with Gasteiger partial charge in [0.25, 0.3) is 5.69 Å². The van der Waals surface area contributed by atoms with Crippen molar-refractivity contribution >= 4 is 22.4 Å². The first-order valence-corrected chi connectivity index (χ1v) is 6.87. The molecule has 0 atom stereocenters. The summed E-state index contributed by atoms with van der Waals surface area (Å²) in [6, 6.07) is 13.7. The molecule has 0 aliphatic rings. The van der Waals surface area contributed by atoms with E-state index >= 15 is 0 Å². The Morgan fingerprint density at radius 2 is 1.52 bits per heavy atom. The molecular formula is C15H14N6O2. The Hall–Kier alpha value is -3.29. The number of para-hydroxylation sites is 2. The number of imidazole rings is 1. The summed E-state index contributed by atoms with van der Waals surface area (Å²) in [4.78, 5) is 10.1. The van der Waals surface area contributed by atoms with Crippen molar-refractivity contribution < 1.29 is 4.92 Å². The molecule has 0 spiro atoms. The number of hydrogen-bond acceptors (Lipinski definition) is 4. The number of aromatic nitrogens is 2.